The van der Waals surface area contributed by atoms with Gasteiger partial charge in [0.2, 0.25) is 5.91 Å². The third kappa shape index (κ3) is 2.07. The molecule has 2 N–H and O–H groups in total. The normalized spacial score (nSPS) is 25.0. The van der Waals surface area contributed by atoms with Crippen LogP contribution in [-0.2, 0) is 11.3 Å². The van der Waals surface area contributed by atoms with Crippen LogP contribution in [-0.4, -0.2) is 32.7 Å². The van der Waals surface area contributed by atoms with Gasteiger partial charge in [-0.2, -0.15) is 5.10 Å². The van der Waals surface area contributed by atoms with Crippen molar-refractivity contribution in [2.45, 2.75) is 51.9 Å². The summed E-state index contributed by atoms with van der Waals surface area (Å²) in [7, 11) is 0. The van der Waals surface area contributed by atoms with Gasteiger partial charge in [0.05, 0.1) is 12.2 Å². The first-order valence-electron chi connectivity index (χ1n) is 6.13. The minimum atomic E-state index is -0.126. The number of nitrogens with two attached hydrogens (primary N) is 1. The Labute approximate surface area is 102 Å². The summed E-state index contributed by atoms with van der Waals surface area (Å²) in [5, 5.41) is 4.26. The van der Waals surface area contributed by atoms with E-state index >= 15 is 0 Å². The van der Waals surface area contributed by atoms with Crippen molar-refractivity contribution in [2.24, 2.45) is 5.73 Å². The van der Waals surface area contributed by atoms with Crippen molar-refractivity contribution < 1.29 is 4.79 Å². The zero-order valence-corrected chi connectivity index (χ0v) is 10.6. The number of nitrogens with zero attached hydrogens (tertiary/aromatic N) is 3. The molecular formula is C12H20N4O. The maximum absolute atomic E-state index is 11.9. The number of aryl methyl sites for hydroxylation is 1. The van der Waals surface area contributed by atoms with Crippen LogP contribution in [0.4, 0.5) is 0 Å². The SMILES string of the molecule is CCn1cc([C@H]2[C@H](N)CC(=O)N2C(C)C)cn1. The zero-order valence-electron chi connectivity index (χ0n) is 10.6. The van der Waals surface area contributed by atoms with E-state index in [1.54, 1.807) is 0 Å². The molecule has 0 bridgehead atoms. The second-order valence-electron chi connectivity index (χ2n) is 4.84. The molecule has 94 valence electrons. The minimum absolute atomic E-state index is 0.0252. The number of amides is 1. The molecule has 5 heteroatoms. The lowest BCUT2D eigenvalue weighted by atomic mass is 10.0. The largest absolute Gasteiger partial charge is 0.331 e. The van der Waals surface area contributed by atoms with Gasteiger partial charge in [-0.1, -0.05) is 0 Å². The highest BCUT2D eigenvalue weighted by Gasteiger charge is 2.40. The molecular weight excluding hydrogens is 216 g/mol. The van der Waals surface area contributed by atoms with Crippen LogP contribution in [0.2, 0.25) is 0 Å². The molecule has 1 saturated heterocycles. The van der Waals surface area contributed by atoms with E-state index in [2.05, 4.69) is 5.10 Å². The van der Waals surface area contributed by atoms with E-state index in [4.69, 9.17) is 5.73 Å². The Morgan fingerprint density at radius 3 is 2.82 bits per heavy atom. The average molecular weight is 236 g/mol. The molecule has 1 fully saturated rings. The first kappa shape index (κ1) is 12.1. The fourth-order valence-electron chi connectivity index (χ4n) is 2.50. The summed E-state index contributed by atoms with van der Waals surface area (Å²) >= 11 is 0. The van der Waals surface area contributed by atoms with Gasteiger partial charge in [0.1, 0.15) is 0 Å². The molecule has 1 aliphatic rings. The zero-order chi connectivity index (χ0) is 12.6. The van der Waals surface area contributed by atoms with Gasteiger partial charge < -0.3 is 10.6 Å². The maximum atomic E-state index is 11.9. The van der Waals surface area contributed by atoms with Crippen molar-refractivity contribution in [3.8, 4) is 0 Å². The van der Waals surface area contributed by atoms with E-state index in [1.807, 2.05) is 42.7 Å². The van der Waals surface area contributed by atoms with Crippen LogP contribution in [0.1, 0.15) is 38.8 Å². The van der Waals surface area contributed by atoms with Crippen LogP contribution < -0.4 is 5.73 Å². The molecule has 17 heavy (non-hydrogen) atoms. The molecule has 0 aromatic carbocycles. The third-order valence-electron chi connectivity index (χ3n) is 3.28. The minimum Gasteiger partial charge on any atom is -0.331 e. The molecule has 5 nitrogen and oxygen atoms in total. The van der Waals surface area contributed by atoms with E-state index in [0.29, 0.717) is 6.42 Å². The molecule has 2 rings (SSSR count). The maximum Gasteiger partial charge on any atom is 0.225 e. The highest BCUT2D eigenvalue weighted by Crippen LogP contribution is 2.33. The molecule has 1 aromatic heterocycles. The monoisotopic (exact) mass is 236 g/mol. The van der Waals surface area contributed by atoms with Crippen LogP contribution in [0.5, 0.6) is 0 Å². The fourth-order valence-corrected chi connectivity index (χ4v) is 2.50. The van der Waals surface area contributed by atoms with Crippen molar-refractivity contribution >= 4 is 5.91 Å². The Morgan fingerprint density at radius 2 is 2.29 bits per heavy atom. The lowest BCUT2D eigenvalue weighted by molar-refractivity contribution is -0.130. The summed E-state index contributed by atoms with van der Waals surface area (Å²) in [6.07, 6.45) is 4.24. The number of carbonyl (C=O) groups excluding carboxylic acids is 1. The molecule has 0 saturated carbocycles. The summed E-state index contributed by atoms with van der Waals surface area (Å²) in [6.45, 7) is 6.91. The quantitative estimate of drug-likeness (QED) is 0.848. The number of hydrogen-bond acceptors (Lipinski definition) is 3. The molecule has 0 radical (unpaired) electrons. The van der Waals surface area contributed by atoms with Crippen molar-refractivity contribution in [3.63, 3.8) is 0 Å². The summed E-state index contributed by atoms with van der Waals surface area (Å²) in [4.78, 5) is 13.8. The summed E-state index contributed by atoms with van der Waals surface area (Å²) < 4.78 is 1.86. The number of aromatic nitrogens is 2. The Balaban J connectivity index is 2.31. The van der Waals surface area contributed by atoms with E-state index in [1.165, 1.54) is 0 Å². The highest BCUT2D eigenvalue weighted by molar-refractivity contribution is 5.80. The van der Waals surface area contributed by atoms with E-state index in [9.17, 15) is 4.79 Å². The van der Waals surface area contributed by atoms with Crippen molar-refractivity contribution in [1.82, 2.24) is 14.7 Å². The Hall–Kier alpha value is -1.36. The van der Waals surface area contributed by atoms with Gasteiger partial charge in [0.15, 0.2) is 0 Å². The Kier molecular flexibility index (Phi) is 3.19. The molecule has 0 aliphatic carbocycles. The molecule has 1 aliphatic heterocycles. The Morgan fingerprint density at radius 1 is 1.59 bits per heavy atom. The van der Waals surface area contributed by atoms with Crippen LogP contribution in [0.15, 0.2) is 12.4 Å². The van der Waals surface area contributed by atoms with Gasteiger partial charge in [-0.25, -0.2) is 0 Å². The van der Waals surface area contributed by atoms with E-state index < -0.39 is 0 Å². The lowest BCUT2D eigenvalue weighted by Crippen LogP contribution is -2.37. The Bertz CT molecular complexity index is 412. The average Bonchev–Trinajstić information content (AvgIpc) is 2.81. The number of rotatable bonds is 3. The number of hydrogen-bond donors (Lipinski definition) is 1. The fraction of sp³-hybridized carbons (Fsp3) is 0.667. The summed E-state index contributed by atoms with van der Waals surface area (Å²) in [5.74, 6) is 0.141. The summed E-state index contributed by atoms with van der Waals surface area (Å²) in [5.41, 5.74) is 7.12. The van der Waals surface area contributed by atoms with E-state index in [-0.39, 0.29) is 24.0 Å². The molecule has 2 heterocycles. The van der Waals surface area contributed by atoms with Crippen LogP contribution in [0.25, 0.3) is 0 Å². The topological polar surface area (TPSA) is 64.2 Å². The molecule has 0 unspecified atom stereocenters. The van der Waals surface area contributed by atoms with Gasteiger partial charge in [0.25, 0.3) is 0 Å². The van der Waals surface area contributed by atoms with Gasteiger partial charge in [-0.15, -0.1) is 0 Å². The lowest BCUT2D eigenvalue weighted by Gasteiger charge is -2.29. The molecule has 1 amide bonds. The number of likely N-dealkylation sites (tertiary alicyclic amines) is 1. The first-order chi connectivity index (χ1) is 8.04. The molecule has 1 aromatic rings. The van der Waals surface area contributed by atoms with Gasteiger partial charge >= 0.3 is 0 Å². The predicted octanol–water partition coefficient (Wildman–Crippen LogP) is 0.912. The predicted molar refractivity (Wildman–Crippen MR) is 65.2 cm³/mol. The summed E-state index contributed by atoms with van der Waals surface area (Å²) in [6, 6.07) is 0.0215. The van der Waals surface area contributed by atoms with Gasteiger partial charge in [0, 0.05) is 36.8 Å². The van der Waals surface area contributed by atoms with Crippen LogP contribution in [0.3, 0.4) is 0 Å². The van der Waals surface area contributed by atoms with Crippen molar-refractivity contribution in [1.29, 1.82) is 0 Å². The van der Waals surface area contributed by atoms with Crippen molar-refractivity contribution in [2.75, 3.05) is 0 Å². The second-order valence-corrected chi connectivity index (χ2v) is 4.84. The van der Waals surface area contributed by atoms with Gasteiger partial charge in [-0.05, 0) is 20.8 Å². The van der Waals surface area contributed by atoms with Crippen molar-refractivity contribution in [3.05, 3.63) is 18.0 Å². The smallest absolute Gasteiger partial charge is 0.225 e. The standard InChI is InChI=1S/C12H20N4O/c1-4-15-7-9(6-14-15)12-10(13)5-11(17)16(12)8(2)3/h6-8,10,12H,4-5,13H2,1-3H3/t10-,12+/m1/s1. The molecule has 2 atom stereocenters. The second kappa shape index (κ2) is 4.49. The number of carbonyl (C=O) groups is 1. The van der Waals surface area contributed by atoms with E-state index in [0.717, 1.165) is 12.1 Å². The highest BCUT2D eigenvalue weighted by atomic mass is 16.2. The van der Waals surface area contributed by atoms with Gasteiger partial charge in [-0.3, -0.25) is 9.48 Å². The first-order valence-corrected chi connectivity index (χ1v) is 6.13. The third-order valence-corrected chi connectivity index (χ3v) is 3.28. The van der Waals surface area contributed by atoms with Crippen LogP contribution in [0, 0.1) is 0 Å². The molecule has 0 spiro atoms. The van der Waals surface area contributed by atoms with Crippen LogP contribution >= 0.6 is 0 Å².